The molecule has 3 aromatic rings. The molecular weight excluding hydrogens is 340 g/mol. The Labute approximate surface area is 165 Å². The molecule has 0 spiro atoms. The van der Waals surface area contributed by atoms with Gasteiger partial charge in [-0.3, -0.25) is 0 Å². The van der Waals surface area contributed by atoms with Crippen molar-refractivity contribution in [1.82, 2.24) is 0 Å². The Hall–Kier alpha value is -3.32. The van der Waals surface area contributed by atoms with Crippen LogP contribution >= 0.6 is 0 Å². The van der Waals surface area contributed by atoms with Gasteiger partial charge in [0, 0.05) is 0 Å². The maximum Gasteiger partial charge on any atom is 0.127 e. The average Bonchev–Trinajstić information content (AvgIpc) is 3.15. The highest BCUT2D eigenvalue weighted by Crippen LogP contribution is 2.43. The summed E-state index contributed by atoms with van der Waals surface area (Å²) in [4.78, 5) is 0. The van der Waals surface area contributed by atoms with E-state index in [1.54, 1.807) is 5.57 Å². The molecule has 0 radical (unpaired) electrons. The molecule has 9 rings (SSSR count). The summed E-state index contributed by atoms with van der Waals surface area (Å²) in [6, 6.07) is 25.9. The first-order chi connectivity index (χ1) is 13.8. The first kappa shape index (κ1) is 15.7. The van der Waals surface area contributed by atoms with Gasteiger partial charge >= 0.3 is 0 Å². The third-order valence-corrected chi connectivity index (χ3v) is 6.07. The van der Waals surface area contributed by atoms with E-state index in [1.807, 2.05) is 0 Å². The Morgan fingerprint density at radius 2 is 1.25 bits per heavy atom. The van der Waals surface area contributed by atoms with E-state index >= 15 is 0 Å². The Morgan fingerprint density at radius 1 is 0.643 bits per heavy atom. The van der Waals surface area contributed by atoms with E-state index < -0.39 is 0 Å². The normalized spacial score (nSPS) is 16.7. The van der Waals surface area contributed by atoms with Crippen LogP contribution in [0, 0.1) is 0 Å². The second-order valence-electron chi connectivity index (χ2n) is 7.75. The van der Waals surface area contributed by atoms with Crippen LogP contribution in [0.25, 0.3) is 11.1 Å². The Balaban J connectivity index is 1.60. The molecule has 1 heteroatoms. The summed E-state index contributed by atoms with van der Waals surface area (Å²) >= 11 is 0. The Morgan fingerprint density at radius 3 is 1.89 bits per heavy atom. The molecule has 0 aromatic heterocycles. The average molecular weight is 360 g/mol. The maximum absolute atomic E-state index is 5.99. The van der Waals surface area contributed by atoms with Crippen LogP contribution in [0.4, 0.5) is 0 Å². The molecule has 4 heterocycles. The van der Waals surface area contributed by atoms with Crippen molar-refractivity contribution in [3.8, 4) is 11.5 Å². The SMILES string of the molecule is C1=CC2=C(C(=C3Cc4ccccc4C3)C1)c1ccc(cc1)Oc1ccc2cc1. The lowest BCUT2D eigenvalue weighted by Gasteiger charge is -2.22. The van der Waals surface area contributed by atoms with Crippen LogP contribution in [0.2, 0.25) is 0 Å². The summed E-state index contributed by atoms with van der Waals surface area (Å²) in [6.07, 6.45) is 7.75. The smallest absolute Gasteiger partial charge is 0.127 e. The number of hydrogen-bond acceptors (Lipinski definition) is 1. The van der Waals surface area contributed by atoms with Crippen LogP contribution in [0.1, 0.15) is 28.7 Å². The molecule has 6 aliphatic rings. The van der Waals surface area contributed by atoms with Gasteiger partial charge < -0.3 is 4.74 Å². The van der Waals surface area contributed by atoms with E-state index in [-0.39, 0.29) is 0 Å². The van der Waals surface area contributed by atoms with E-state index in [1.165, 1.54) is 39.0 Å². The summed E-state index contributed by atoms with van der Waals surface area (Å²) in [5.41, 5.74) is 11.2. The zero-order valence-corrected chi connectivity index (χ0v) is 15.6. The molecule has 0 saturated carbocycles. The van der Waals surface area contributed by atoms with Gasteiger partial charge in [0.1, 0.15) is 11.5 Å². The number of fused-ring (bicyclic) bond motifs is 1. The number of hydrogen-bond donors (Lipinski definition) is 0. The van der Waals surface area contributed by atoms with Gasteiger partial charge in [-0.25, -0.2) is 0 Å². The lowest BCUT2D eigenvalue weighted by Crippen LogP contribution is -2.02. The van der Waals surface area contributed by atoms with Crippen LogP contribution < -0.4 is 4.74 Å². The van der Waals surface area contributed by atoms with Crippen molar-refractivity contribution in [2.75, 3.05) is 0 Å². The molecule has 0 fully saturated rings. The zero-order chi connectivity index (χ0) is 18.5. The molecule has 0 saturated heterocycles. The third-order valence-electron chi connectivity index (χ3n) is 6.07. The number of ether oxygens (including phenoxy) is 1. The van der Waals surface area contributed by atoms with Crippen LogP contribution in [0.15, 0.2) is 96.1 Å². The zero-order valence-electron chi connectivity index (χ0n) is 15.6. The molecule has 3 aromatic carbocycles. The van der Waals surface area contributed by atoms with Crippen molar-refractivity contribution in [1.29, 1.82) is 0 Å². The van der Waals surface area contributed by atoms with Gasteiger partial charge in [-0.15, -0.1) is 0 Å². The summed E-state index contributed by atoms with van der Waals surface area (Å²) in [6.45, 7) is 0. The molecule has 1 nitrogen and oxygen atoms in total. The van der Waals surface area contributed by atoms with Gasteiger partial charge in [0.25, 0.3) is 0 Å². The lowest BCUT2D eigenvalue weighted by atomic mass is 9.81. The van der Waals surface area contributed by atoms with E-state index in [0.717, 1.165) is 30.8 Å². The fourth-order valence-corrected chi connectivity index (χ4v) is 4.70. The Kier molecular flexibility index (Phi) is 3.42. The van der Waals surface area contributed by atoms with Crippen LogP contribution in [-0.2, 0) is 12.8 Å². The highest BCUT2D eigenvalue weighted by molar-refractivity contribution is 6.04. The molecule has 28 heavy (non-hydrogen) atoms. The van der Waals surface area contributed by atoms with Crippen molar-refractivity contribution in [3.63, 3.8) is 0 Å². The predicted molar refractivity (Wildman–Crippen MR) is 114 cm³/mol. The van der Waals surface area contributed by atoms with E-state index in [0.29, 0.717) is 0 Å². The molecule has 0 N–H and O–H groups in total. The fraction of sp³-hybridized carbons (Fsp3) is 0.111. The first-order valence-electron chi connectivity index (χ1n) is 9.93. The molecule has 4 aliphatic heterocycles. The molecule has 0 unspecified atom stereocenters. The highest BCUT2D eigenvalue weighted by atomic mass is 16.5. The van der Waals surface area contributed by atoms with Gasteiger partial charge in [-0.2, -0.15) is 0 Å². The monoisotopic (exact) mass is 360 g/mol. The molecule has 134 valence electrons. The molecule has 4 bridgehead atoms. The predicted octanol–water partition coefficient (Wildman–Crippen LogP) is 6.76. The number of allylic oxidation sites excluding steroid dienone is 6. The summed E-state index contributed by atoms with van der Waals surface area (Å²) in [5, 5.41) is 0. The second-order valence-corrected chi connectivity index (χ2v) is 7.75. The van der Waals surface area contributed by atoms with E-state index in [9.17, 15) is 0 Å². The van der Waals surface area contributed by atoms with Crippen molar-refractivity contribution in [3.05, 3.63) is 118 Å². The third kappa shape index (κ3) is 2.47. The lowest BCUT2D eigenvalue weighted by molar-refractivity contribution is 0.482. The van der Waals surface area contributed by atoms with Gasteiger partial charge in [-0.1, -0.05) is 66.3 Å². The number of benzene rings is 3. The van der Waals surface area contributed by atoms with Gasteiger partial charge in [-0.05, 0) is 82.5 Å². The van der Waals surface area contributed by atoms with Crippen LogP contribution in [0.5, 0.6) is 11.5 Å². The van der Waals surface area contributed by atoms with Gasteiger partial charge in [0.2, 0.25) is 0 Å². The minimum Gasteiger partial charge on any atom is -0.457 e. The van der Waals surface area contributed by atoms with Crippen molar-refractivity contribution < 1.29 is 4.74 Å². The second kappa shape index (κ2) is 6.10. The van der Waals surface area contributed by atoms with Crippen molar-refractivity contribution >= 4 is 11.1 Å². The van der Waals surface area contributed by atoms with Crippen LogP contribution in [-0.4, -0.2) is 0 Å². The minimum atomic E-state index is 0.880. The highest BCUT2D eigenvalue weighted by Gasteiger charge is 2.24. The summed E-state index contributed by atoms with van der Waals surface area (Å²) < 4.78 is 5.99. The molecule has 2 aliphatic carbocycles. The Bertz CT molecular complexity index is 1140. The van der Waals surface area contributed by atoms with Crippen LogP contribution in [0.3, 0.4) is 0 Å². The van der Waals surface area contributed by atoms with Gasteiger partial charge in [0.05, 0.1) is 0 Å². The topological polar surface area (TPSA) is 9.23 Å². The molecular formula is C27H20O. The minimum absolute atomic E-state index is 0.880. The van der Waals surface area contributed by atoms with Gasteiger partial charge in [0.15, 0.2) is 0 Å². The molecule has 0 atom stereocenters. The molecule has 0 amide bonds. The number of rotatable bonds is 0. The first-order valence-corrected chi connectivity index (χ1v) is 9.93. The largest absolute Gasteiger partial charge is 0.457 e. The fourth-order valence-electron chi connectivity index (χ4n) is 4.70. The summed E-state index contributed by atoms with van der Waals surface area (Å²) in [5.74, 6) is 1.76. The van der Waals surface area contributed by atoms with Crippen molar-refractivity contribution in [2.24, 2.45) is 0 Å². The van der Waals surface area contributed by atoms with E-state index in [4.69, 9.17) is 4.74 Å². The summed E-state index contributed by atoms with van der Waals surface area (Å²) in [7, 11) is 0. The van der Waals surface area contributed by atoms with Crippen molar-refractivity contribution in [2.45, 2.75) is 19.3 Å². The quantitative estimate of drug-likeness (QED) is 0.430. The maximum atomic E-state index is 5.99. The standard InChI is InChI=1S/C27H20O/c1-2-5-21-17-22(16-20(21)4-1)26-7-3-6-25-18-8-12-23(13-9-18)28-24-14-10-19(11-15-24)27(25)26/h1-6,8-15H,7,16-17H2. The van der Waals surface area contributed by atoms with E-state index in [2.05, 4.69) is 84.9 Å².